The maximum Gasteiger partial charge on any atom is 0.227 e. The molecule has 0 unspecified atom stereocenters. The number of carbonyl (C=O) groups is 1. The van der Waals surface area contributed by atoms with Crippen molar-refractivity contribution in [1.29, 1.82) is 5.26 Å². The van der Waals surface area contributed by atoms with Crippen molar-refractivity contribution in [3.05, 3.63) is 58.1 Å². The molecule has 4 nitrogen and oxygen atoms in total. The van der Waals surface area contributed by atoms with Gasteiger partial charge in [0.2, 0.25) is 5.91 Å². The fourth-order valence-corrected chi connectivity index (χ4v) is 3.16. The van der Waals surface area contributed by atoms with E-state index < -0.39 is 0 Å². The summed E-state index contributed by atoms with van der Waals surface area (Å²) >= 11 is 3.47. The van der Waals surface area contributed by atoms with Gasteiger partial charge in [0.15, 0.2) is 0 Å². The van der Waals surface area contributed by atoms with E-state index in [0.717, 1.165) is 34.4 Å². The number of halogens is 1. The van der Waals surface area contributed by atoms with Gasteiger partial charge in [0, 0.05) is 35.4 Å². The standard InChI is InChI=1S/C18H16BrN3O/c19-16-10-14(11-20)5-8-17(16)21-12-13-3-6-15(7-4-13)22-9-1-2-18(22)23/h3-8,10,21H,1-2,9,12H2. The molecule has 1 N–H and O–H groups in total. The predicted molar refractivity (Wildman–Crippen MR) is 94.2 cm³/mol. The van der Waals surface area contributed by atoms with Gasteiger partial charge in [0.1, 0.15) is 0 Å². The van der Waals surface area contributed by atoms with Crippen LogP contribution >= 0.6 is 15.9 Å². The number of nitrogens with one attached hydrogen (secondary N) is 1. The molecule has 1 aliphatic heterocycles. The van der Waals surface area contributed by atoms with Crippen LogP contribution in [-0.2, 0) is 11.3 Å². The number of rotatable bonds is 4. The lowest BCUT2D eigenvalue weighted by molar-refractivity contribution is -0.117. The molecule has 1 amide bonds. The molecule has 0 aliphatic carbocycles. The minimum atomic E-state index is 0.206. The smallest absolute Gasteiger partial charge is 0.227 e. The summed E-state index contributed by atoms with van der Waals surface area (Å²) in [6, 6.07) is 15.6. The highest BCUT2D eigenvalue weighted by atomic mass is 79.9. The highest BCUT2D eigenvalue weighted by Crippen LogP contribution is 2.25. The van der Waals surface area contributed by atoms with E-state index in [1.807, 2.05) is 35.2 Å². The van der Waals surface area contributed by atoms with Gasteiger partial charge in [-0.15, -0.1) is 0 Å². The zero-order valence-electron chi connectivity index (χ0n) is 12.6. The Labute approximate surface area is 143 Å². The number of nitriles is 1. The number of amides is 1. The van der Waals surface area contributed by atoms with Gasteiger partial charge in [-0.2, -0.15) is 5.26 Å². The molecule has 0 saturated carbocycles. The van der Waals surface area contributed by atoms with Gasteiger partial charge in [-0.05, 0) is 58.2 Å². The van der Waals surface area contributed by atoms with E-state index in [0.29, 0.717) is 18.5 Å². The first-order valence-corrected chi connectivity index (χ1v) is 8.29. The van der Waals surface area contributed by atoms with Crippen molar-refractivity contribution in [1.82, 2.24) is 0 Å². The second-order valence-electron chi connectivity index (χ2n) is 5.48. The Morgan fingerprint density at radius 1 is 1.22 bits per heavy atom. The molecule has 0 atom stereocenters. The number of anilines is 2. The lowest BCUT2D eigenvalue weighted by atomic mass is 10.2. The van der Waals surface area contributed by atoms with Crippen molar-refractivity contribution in [2.24, 2.45) is 0 Å². The van der Waals surface area contributed by atoms with Gasteiger partial charge < -0.3 is 10.2 Å². The molecule has 1 heterocycles. The molecule has 0 aromatic heterocycles. The van der Waals surface area contributed by atoms with Crippen LogP contribution in [0.4, 0.5) is 11.4 Å². The summed E-state index contributed by atoms with van der Waals surface area (Å²) in [5.41, 5.74) is 3.68. The number of hydrogen-bond acceptors (Lipinski definition) is 3. The number of benzene rings is 2. The number of nitrogens with zero attached hydrogens (tertiary/aromatic N) is 2. The van der Waals surface area contributed by atoms with Crippen molar-refractivity contribution in [3.8, 4) is 6.07 Å². The quantitative estimate of drug-likeness (QED) is 0.883. The highest BCUT2D eigenvalue weighted by Gasteiger charge is 2.21. The molecule has 2 aromatic carbocycles. The van der Waals surface area contributed by atoms with Crippen LogP contribution in [0.1, 0.15) is 24.0 Å². The summed E-state index contributed by atoms with van der Waals surface area (Å²) in [5, 5.41) is 12.2. The van der Waals surface area contributed by atoms with E-state index in [-0.39, 0.29) is 5.91 Å². The van der Waals surface area contributed by atoms with Gasteiger partial charge in [-0.25, -0.2) is 0 Å². The van der Waals surface area contributed by atoms with Crippen LogP contribution in [0, 0.1) is 11.3 Å². The van der Waals surface area contributed by atoms with Crippen LogP contribution in [-0.4, -0.2) is 12.5 Å². The topological polar surface area (TPSA) is 56.1 Å². The lowest BCUT2D eigenvalue weighted by Gasteiger charge is -2.16. The zero-order valence-corrected chi connectivity index (χ0v) is 14.1. The second-order valence-corrected chi connectivity index (χ2v) is 6.33. The van der Waals surface area contributed by atoms with Crippen LogP contribution < -0.4 is 10.2 Å². The summed E-state index contributed by atoms with van der Waals surface area (Å²) in [6.45, 7) is 1.49. The van der Waals surface area contributed by atoms with Crippen molar-refractivity contribution < 1.29 is 4.79 Å². The molecular weight excluding hydrogens is 354 g/mol. The van der Waals surface area contributed by atoms with Crippen LogP contribution in [0.5, 0.6) is 0 Å². The van der Waals surface area contributed by atoms with E-state index >= 15 is 0 Å². The summed E-state index contributed by atoms with van der Waals surface area (Å²) in [4.78, 5) is 13.6. The number of hydrogen-bond donors (Lipinski definition) is 1. The third-order valence-corrected chi connectivity index (χ3v) is 4.56. The molecule has 23 heavy (non-hydrogen) atoms. The van der Waals surface area contributed by atoms with Crippen LogP contribution in [0.25, 0.3) is 0 Å². The molecule has 0 radical (unpaired) electrons. The summed E-state index contributed by atoms with van der Waals surface area (Å²) in [6.07, 6.45) is 1.59. The maximum atomic E-state index is 11.7. The largest absolute Gasteiger partial charge is 0.380 e. The van der Waals surface area contributed by atoms with Crippen molar-refractivity contribution in [2.45, 2.75) is 19.4 Å². The molecule has 0 bridgehead atoms. The third-order valence-electron chi connectivity index (χ3n) is 3.90. The minimum Gasteiger partial charge on any atom is -0.380 e. The Morgan fingerprint density at radius 3 is 2.61 bits per heavy atom. The van der Waals surface area contributed by atoms with E-state index in [9.17, 15) is 4.79 Å². The highest BCUT2D eigenvalue weighted by molar-refractivity contribution is 9.10. The van der Waals surface area contributed by atoms with Gasteiger partial charge in [-0.3, -0.25) is 4.79 Å². The van der Waals surface area contributed by atoms with Gasteiger partial charge >= 0.3 is 0 Å². The third kappa shape index (κ3) is 3.54. The predicted octanol–water partition coefficient (Wildman–Crippen LogP) is 4.06. The molecule has 1 saturated heterocycles. The Hall–Kier alpha value is -2.32. The van der Waals surface area contributed by atoms with Crippen LogP contribution in [0.15, 0.2) is 46.9 Å². The maximum absolute atomic E-state index is 11.7. The lowest BCUT2D eigenvalue weighted by Crippen LogP contribution is -2.23. The monoisotopic (exact) mass is 369 g/mol. The molecular formula is C18H16BrN3O. The molecule has 5 heteroatoms. The first-order valence-electron chi connectivity index (χ1n) is 7.50. The van der Waals surface area contributed by atoms with E-state index in [1.54, 1.807) is 12.1 Å². The average molecular weight is 370 g/mol. The SMILES string of the molecule is N#Cc1ccc(NCc2ccc(N3CCCC3=O)cc2)c(Br)c1. The van der Waals surface area contributed by atoms with E-state index in [1.165, 1.54) is 0 Å². The van der Waals surface area contributed by atoms with Crippen molar-refractivity contribution in [2.75, 3.05) is 16.8 Å². The fraction of sp³-hybridized carbons (Fsp3) is 0.222. The van der Waals surface area contributed by atoms with E-state index in [4.69, 9.17) is 5.26 Å². The zero-order chi connectivity index (χ0) is 16.2. The Bertz CT molecular complexity index is 765. The van der Waals surface area contributed by atoms with Gasteiger partial charge in [-0.1, -0.05) is 12.1 Å². The average Bonchev–Trinajstić information content (AvgIpc) is 3.00. The second kappa shape index (κ2) is 6.84. The van der Waals surface area contributed by atoms with E-state index in [2.05, 4.69) is 27.3 Å². The Balaban J connectivity index is 1.65. The normalized spacial score (nSPS) is 13.9. The Kier molecular flexibility index (Phi) is 4.63. The molecule has 1 fully saturated rings. The first kappa shape index (κ1) is 15.6. The molecule has 0 spiro atoms. The summed E-state index contributed by atoms with van der Waals surface area (Å²) in [7, 11) is 0. The minimum absolute atomic E-state index is 0.206. The summed E-state index contributed by atoms with van der Waals surface area (Å²) in [5.74, 6) is 0.206. The molecule has 2 aromatic rings. The summed E-state index contributed by atoms with van der Waals surface area (Å²) < 4.78 is 0.871. The Morgan fingerprint density at radius 2 is 2.00 bits per heavy atom. The van der Waals surface area contributed by atoms with Gasteiger partial charge in [0.05, 0.1) is 11.6 Å². The van der Waals surface area contributed by atoms with Crippen LogP contribution in [0.2, 0.25) is 0 Å². The number of carbonyl (C=O) groups excluding carboxylic acids is 1. The molecule has 1 aliphatic rings. The van der Waals surface area contributed by atoms with Crippen molar-refractivity contribution >= 4 is 33.2 Å². The van der Waals surface area contributed by atoms with Gasteiger partial charge in [0.25, 0.3) is 0 Å². The fourth-order valence-electron chi connectivity index (χ4n) is 2.64. The van der Waals surface area contributed by atoms with Crippen LogP contribution in [0.3, 0.4) is 0 Å². The molecule has 3 rings (SSSR count). The first-order chi connectivity index (χ1) is 11.2. The molecule has 116 valence electrons. The van der Waals surface area contributed by atoms with Crippen molar-refractivity contribution in [3.63, 3.8) is 0 Å².